The second-order valence-corrected chi connectivity index (χ2v) is 6.89. The maximum atomic E-state index is 13.5. The lowest BCUT2D eigenvalue weighted by Gasteiger charge is -2.34. The van der Waals surface area contributed by atoms with Crippen LogP contribution >= 0.6 is 0 Å². The number of hydrogen-bond acceptors (Lipinski definition) is 2. The molecule has 4 aromatic rings. The average Bonchev–Trinajstić information content (AvgIpc) is 2.84. The van der Waals surface area contributed by atoms with Gasteiger partial charge >= 0.3 is 12.1 Å². The second kappa shape index (κ2) is 9.95. The first kappa shape index (κ1) is 20.7. The van der Waals surface area contributed by atoms with Crippen molar-refractivity contribution in [3.05, 3.63) is 121 Å². The first-order valence-electron chi connectivity index (χ1n) is 10.1. The molecule has 0 aliphatic carbocycles. The van der Waals surface area contributed by atoms with Gasteiger partial charge in [0, 0.05) is 11.4 Å². The zero-order chi connectivity index (χ0) is 22.2. The molecular formula is C26H22N4O2. The Kier molecular flexibility index (Phi) is 6.43. The summed E-state index contributed by atoms with van der Waals surface area (Å²) >= 11 is 0. The Hall–Kier alpha value is -4.58. The standard InChI is InChI=1S/C26H22N4O2/c31-25(27-21-13-5-1-6-14-21)29(23-17-9-3-10-18-23)30(24-19-11-4-12-20-24)26(32)28-22-15-7-2-8-16-22/h1-20H,(H,27,31)(H,28,32). The summed E-state index contributed by atoms with van der Waals surface area (Å²) in [6, 6.07) is 35.3. The molecule has 0 unspecified atom stereocenters. The summed E-state index contributed by atoms with van der Waals surface area (Å²) < 4.78 is 0. The normalized spacial score (nSPS) is 10.1. The molecule has 0 spiro atoms. The molecule has 0 bridgehead atoms. The topological polar surface area (TPSA) is 64.7 Å². The highest BCUT2D eigenvalue weighted by atomic mass is 16.2. The van der Waals surface area contributed by atoms with Crippen molar-refractivity contribution < 1.29 is 9.59 Å². The lowest BCUT2D eigenvalue weighted by atomic mass is 10.3. The number of nitrogens with zero attached hydrogens (tertiary/aromatic N) is 2. The first-order valence-corrected chi connectivity index (χ1v) is 10.1. The number of hydrazine groups is 1. The number of rotatable bonds is 4. The molecule has 0 aromatic heterocycles. The van der Waals surface area contributed by atoms with E-state index >= 15 is 0 Å². The number of urea groups is 2. The van der Waals surface area contributed by atoms with Gasteiger partial charge in [-0.05, 0) is 48.5 Å². The molecule has 6 nitrogen and oxygen atoms in total. The summed E-state index contributed by atoms with van der Waals surface area (Å²) in [6.45, 7) is 0. The van der Waals surface area contributed by atoms with E-state index in [2.05, 4.69) is 10.6 Å². The van der Waals surface area contributed by atoms with Crippen LogP contribution in [0.1, 0.15) is 0 Å². The van der Waals surface area contributed by atoms with Crippen molar-refractivity contribution >= 4 is 34.8 Å². The summed E-state index contributed by atoms with van der Waals surface area (Å²) in [6.07, 6.45) is 0. The van der Waals surface area contributed by atoms with E-state index in [1.54, 1.807) is 48.5 Å². The molecule has 0 atom stereocenters. The van der Waals surface area contributed by atoms with Crippen LogP contribution in [0.4, 0.5) is 32.3 Å². The molecular weight excluding hydrogens is 400 g/mol. The summed E-state index contributed by atoms with van der Waals surface area (Å²) in [5, 5.41) is 8.39. The predicted molar refractivity (Wildman–Crippen MR) is 129 cm³/mol. The minimum absolute atomic E-state index is 0.477. The van der Waals surface area contributed by atoms with Crippen LogP contribution in [0.3, 0.4) is 0 Å². The fourth-order valence-electron chi connectivity index (χ4n) is 3.18. The van der Waals surface area contributed by atoms with Crippen molar-refractivity contribution in [3.8, 4) is 0 Å². The predicted octanol–water partition coefficient (Wildman–Crippen LogP) is 6.38. The Morgan fingerprint density at radius 1 is 0.438 bits per heavy atom. The van der Waals surface area contributed by atoms with Crippen molar-refractivity contribution in [2.24, 2.45) is 0 Å². The minimum atomic E-state index is -0.477. The number of nitrogens with one attached hydrogen (secondary N) is 2. The first-order chi connectivity index (χ1) is 15.7. The molecule has 4 rings (SSSR count). The van der Waals surface area contributed by atoms with Gasteiger partial charge in [-0.25, -0.2) is 9.59 Å². The molecule has 0 radical (unpaired) electrons. The van der Waals surface area contributed by atoms with Gasteiger partial charge in [0.15, 0.2) is 0 Å². The fourth-order valence-corrected chi connectivity index (χ4v) is 3.18. The maximum Gasteiger partial charge on any atom is 0.345 e. The van der Waals surface area contributed by atoms with Gasteiger partial charge in [0.05, 0.1) is 11.4 Å². The fraction of sp³-hybridized carbons (Fsp3) is 0. The minimum Gasteiger partial charge on any atom is -0.306 e. The molecule has 6 heteroatoms. The molecule has 0 aliphatic heterocycles. The van der Waals surface area contributed by atoms with Crippen LogP contribution in [0.15, 0.2) is 121 Å². The number of carbonyl (C=O) groups is 2. The Morgan fingerprint density at radius 3 is 1.03 bits per heavy atom. The van der Waals surface area contributed by atoms with Crippen LogP contribution in [-0.2, 0) is 0 Å². The molecule has 0 saturated heterocycles. The van der Waals surface area contributed by atoms with E-state index in [4.69, 9.17) is 0 Å². The van der Waals surface area contributed by atoms with Crippen LogP contribution in [0.2, 0.25) is 0 Å². The highest BCUT2D eigenvalue weighted by Crippen LogP contribution is 2.25. The van der Waals surface area contributed by atoms with Gasteiger partial charge in [-0.15, -0.1) is 0 Å². The third-order valence-corrected chi connectivity index (χ3v) is 4.64. The van der Waals surface area contributed by atoms with Crippen LogP contribution in [0, 0.1) is 0 Å². The molecule has 0 heterocycles. The summed E-state index contributed by atoms with van der Waals surface area (Å²) in [5.74, 6) is 0. The monoisotopic (exact) mass is 422 g/mol. The van der Waals surface area contributed by atoms with E-state index in [0.717, 1.165) is 0 Å². The zero-order valence-electron chi connectivity index (χ0n) is 17.3. The van der Waals surface area contributed by atoms with Gasteiger partial charge in [0.2, 0.25) is 0 Å². The van der Waals surface area contributed by atoms with Crippen molar-refractivity contribution in [1.29, 1.82) is 0 Å². The number of hydrogen-bond donors (Lipinski definition) is 2. The van der Waals surface area contributed by atoms with E-state index in [9.17, 15) is 9.59 Å². The number of amides is 4. The van der Waals surface area contributed by atoms with E-state index in [1.165, 1.54) is 10.0 Å². The van der Waals surface area contributed by atoms with E-state index in [0.29, 0.717) is 22.7 Å². The van der Waals surface area contributed by atoms with E-state index < -0.39 is 12.1 Å². The number of para-hydroxylation sites is 4. The average molecular weight is 422 g/mol. The third-order valence-electron chi connectivity index (χ3n) is 4.64. The van der Waals surface area contributed by atoms with Crippen LogP contribution in [0.5, 0.6) is 0 Å². The number of benzene rings is 4. The molecule has 32 heavy (non-hydrogen) atoms. The van der Waals surface area contributed by atoms with Gasteiger partial charge in [-0.3, -0.25) is 0 Å². The molecule has 0 saturated carbocycles. The van der Waals surface area contributed by atoms with Gasteiger partial charge in [0.1, 0.15) is 0 Å². The van der Waals surface area contributed by atoms with E-state index in [-0.39, 0.29) is 0 Å². The van der Waals surface area contributed by atoms with Crippen LogP contribution in [0.25, 0.3) is 0 Å². The zero-order valence-corrected chi connectivity index (χ0v) is 17.3. The lowest BCUT2D eigenvalue weighted by molar-refractivity contribution is 0.248. The smallest absolute Gasteiger partial charge is 0.306 e. The third kappa shape index (κ3) is 4.94. The van der Waals surface area contributed by atoms with E-state index in [1.807, 2.05) is 72.8 Å². The summed E-state index contributed by atoms with van der Waals surface area (Å²) in [5.41, 5.74) is 2.31. The van der Waals surface area contributed by atoms with Gasteiger partial charge < -0.3 is 10.6 Å². The molecule has 2 N–H and O–H groups in total. The largest absolute Gasteiger partial charge is 0.345 e. The quantitative estimate of drug-likeness (QED) is 0.375. The van der Waals surface area contributed by atoms with Crippen molar-refractivity contribution in [1.82, 2.24) is 0 Å². The summed E-state index contributed by atoms with van der Waals surface area (Å²) in [4.78, 5) is 27.0. The van der Waals surface area contributed by atoms with Crippen LogP contribution in [-0.4, -0.2) is 12.1 Å². The second-order valence-electron chi connectivity index (χ2n) is 6.89. The molecule has 0 aliphatic rings. The van der Waals surface area contributed by atoms with Crippen molar-refractivity contribution in [2.75, 3.05) is 20.7 Å². The molecule has 4 aromatic carbocycles. The molecule has 0 fully saturated rings. The maximum absolute atomic E-state index is 13.5. The lowest BCUT2D eigenvalue weighted by Crippen LogP contribution is -2.53. The number of anilines is 4. The Bertz CT molecular complexity index is 1060. The van der Waals surface area contributed by atoms with Gasteiger partial charge in [-0.2, -0.15) is 10.0 Å². The van der Waals surface area contributed by atoms with Gasteiger partial charge in [-0.1, -0.05) is 72.8 Å². The number of carbonyl (C=O) groups excluding carboxylic acids is 2. The molecule has 158 valence electrons. The Morgan fingerprint density at radius 2 is 0.719 bits per heavy atom. The van der Waals surface area contributed by atoms with Crippen molar-refractivity contribution in [2.45, 2.75) is 0 Å². The van der Waals surface area contributed by atoms with Crippen molar-refractivity contribution in [3.63, 3.8) is 0 Å². The highest BCUT2D eigenvalue weighted by Gasteiger charge is 2.29. The van der Waals surface area contributed by atoms with Crippen LogP contribution < -0.4 is 20.7 Å². The highest BCUT2D eigenvalue weighted by molar-refractivity contribution is 6.12. The SMILES string of the molecule is O=C(Nc1ccccc1)N(c1ccccc1)N(C(=O)Nc1ccccc1)c1ccccc1. The summed E-state index contributed by atoms with van der Waals surface area (Å²) in [7, 11) is 0. The Balaban J connectivity index is 1.75. The Labute approximate surface area is 186 Å². The van der Waals surface area contributed by atoms with Gasteiger partial charge in [0.25, 0.3) is 0 Å². The molecule has 4 amide bonds.